The Morgan fingerprint density at radius 1 is 1.45 bits per heavy atom. The number of halogens is 1. The van der Waals surface area contributed by atoms with Crippen molar-refractivity contribution in [1.29, 1.82) is 0 Å². The van der Waals surface area contributed by atoms with Gasteiger partial charge in [-0.3, -0.25) is 4.79 Å². The van der Waals surface area contributed by atoms with E-state index in [1.54, 1.807) is 0 Å². The minimum Gasteiger partial charge on any atom is -0.481 e. The molecule has 3 rings (SSSR count). The molecule has 0 saturated heterocycles. The smallest absolute Gasteiger partial charge is 0.311 e. The molecule has 1 aliphatic rings. The number of aromatic nitrogens is 1. The molecular formula is C16H18FNO2. The molecule has 1 N–H and O–H groups in total. The van der Waals surface area contributed by atoms with Crippen molar-refractivity contribution >= 4 is 16.9 Å². The molecule has 0 bridgehead atoms. The average Bonchev–Trinajstić information content (AvgIpc) is 2.73. The first kappa shape index (κ1) is 13.2. The lowest BCUT2D eigenvalue weighted by Gasteiger charge is -2.26. The van der Waals surface area contributed by atoms with Crippen molar-refractivity contribution in [1.82, 2.24) is 4.57 Å². The number of benzene rings is 1. The van der Waals surface area contributed by atoms with Crippen LogP contribution in [-0.2, 0) is 17.8 Å². The van der Waals surface area contributed by atoms with Crippen molar-refractivity contribution < 1.29 is 14.3 Å². The van der Waals surface area contributed by atoms with Gasteiger partial charge in [-0.25, -0.2) is 4.39 Å². The standard InChI is InChI=1S/C16H18FNO2/c1-10-8-12(16(19)20)15-11-4-2-3-5-13(11)18(7-6-17)14(15)9-10/h2-5,10,12H,6-9H2,1H3,(H,19,20). The summed E-state index contributed by atoms with van der Waals surface area (Å²) in [6.07, 6.45) is 1.49. The van der Waals surface area contributed by atoms with Crippen LogP contribution in [0.1, 0.15) is 30.5 Å². The first-order valence-electron chi connectivity index (χ1n) is 7.02. The molecule has 106 valence electrons. The van der Waals surface area contributed by atoms with Gasteiger partial charge in [0.25, 0.3) is 0 Å². The lowest BCUT2D eigenvalue weighted by atomic mass is 9.79. The van der Waals surface area contributed by atoms with E-state index < -0.39 is 18.6 Å². The highest BCUT2D eigenvalue weighted by molar-refractivity contribution is 5.91. The number of fused-ring (bicyclic) bond motifs is 3. The second kappa shape index (κ2) is 4.93. The SMILES string of the molecule is CC1Cc2c(c3ccccc3n2CCF)C(C(=O)O)C1. The Hall–Kier alpha value is -1.84. The van der Waals surface area contributed by atoms with Gasteiger partial charge >= 0.3 is 5.97 Å². The molecule has 0 spiro atoms. The van der Waals surface area contributed by atoms with Crippen LogP contribution in [0.5, 0.6) is 0 Å². The van der Waals surface area contributed by atoms with Crippen LogP contribution in [0.4, 0.5) is 4.39 Å². The van der Waals surface area contributed by atoms with Crippen molar-refractivity contribution in [2.24, 2.45) is 5.92 Å². The van der Waals surface area contributed by atoms with Crippen LogP contribution in [0.15, 0.2) is 24.3 Å². The van der Waals surface area contributed by atoms with E-state index in [0.29, 0.717) is 18.9 Å². The summed E-state index contributed by atoms with van der Waals surface area (Å²) in [5.41, 5.74) is 2.87. The van der Waals surface area contributed by atoms with Crippen LogP contribution >= 0.6 is 0 Å². The Morgan fingerprint density at radius 2 is 2.20 bits per heavy atom. The molecular weight excluding hydrogens is 257 g/mol. The van der Waals surface area contributed by atoms with E-state index in [1.165, 1.54) is 0 Å². The number of nitrogens with zero attached hydrogens (tertiary/aromatic N) is 1. The number of carbonyl (C=O) groups is 1. The zero-order valence-electron chi connectivity index (χ0n) is 11.5. The molecule has 0 amide bonds. The average molecular weight is 275 g/mol. The van der Waals surface area contributed by atoms with E-state index in [4.69, 9.17) is 0 Å². The highest BCUT2D eigenvalue weighted by Gasteiger charge is 2.34. The highest BCUT2D eigenvalue weighted by Crippen LogP contribution is 2.41. The molecule has 0 aliphatic heterocycles. The van der Waals surface area contributed by atoms with Gasteiger partial charge in [0.15, 0.2) is 0 Å². The van der Waals surface area contributed by atoms with E-state index in [9.17, 15) is 14.3 Å². The first-order chi connectivity index (χ1) is 9.63. The fourth-order valence-electron chi connectivity index (χ4n) is 3.49. The largest absolute Gasteiger partial charge is 0.481 e. The van der Waals surface area contributed by atoms with Crippen molar-refractivity contribution in [3.63, 3.8) is 0 Å². The van der Waals surface area contributed by atoms with Gasteiger partial charge in [0.2, 0.25) is 0 Å². The molecule has 1 aromatic heterocycles. The number of alkyl halides is 1. The maximum Gasteiger partial charge on any atom is 0.311 e. The van der Waals surface area contributed by atoms with Crippen molar-refractivity contribution in [3.05, 3.63) is 35.5 Å². The van der Waals surface area contributed by atoms with E-state index in [0.717, 1.165) is 28.6 Å². The summed E-state index contributed by atoms with van der Waals surface area (Å²) >= 11 is 0. The van der Waals surface area contributed by atoms with Crippen LogP contribution in [0.25, 0.3) is 10.9 Å². The summed E-state index contributed by atoms with van der Waals surface area (Å²) < 4.78 is 14.8. The van der Waals surface area contributed by atoms with Gasteiger partial charge in [-0.15, -0.1) is 0 Å². The topological polar surface area (TPSA) is 42.2 Å². The molecule has 1 aromatic carbocycles. The van der Waals surface area contributed by atoms with Gasteiger partial charge in [0, 0.05) is 16.6 Å². The Morgan fingerprint density at radius 3 is 2.90 bits per heavy atom. The van der Waals surface area contributed by atoms with Gasteiger partial charge in [0.05, 0.1) is 12.5 Å². The Labute approximate surface area is 117 Å². The zero-order chi connectivity index (χ0) is 14.3. The van der Waals surface area contributed by atoms with Crippen LogP contribution in [0, 0.1) is 5.92 Å². The highest BCUT2D eigenvalue weighted by atomic mass is 19.1. The molecule has 2 unspecified atom stereocenters. The van der Waals surface area contributed by atoms with Crippen LogP contribution in [0.2, 0.25) is 0 Å². The second-order valence-electron chi connectivity index (χ2n) is 5.65. The van der Waals surface area contributed by atoms with E-state index in [1.807, 2.05) is 28.8 Å². The molecule has 2 aromatic rings. The summed E-state index contributed by atoms with van der Waals surface area (Å²) in [7, 11) is 0. The fraction of sp³-hybridized carbons (Fsp3) is 0.438. The molecule has 3 nitrogen and oxygen atoms in total. The van der Waals surface area contributed by atoms with Crippen molar-refractivity contribution in [2.75, 3.05) is 6.67 Å². The molecule has 0 saturated carbocycles. The predicted molar refractivity (Wildman–Crippen MR) is 75.8 cm³/mol. The molecule has 20 heavy (non-hydrogen) atoms. The third kappa shape index (κ3) is 1.90. The number of hydrogen-bond donors (Lipinski definition) is 1. The lowest BCUT2D eigenvalue weighted by molar-refractivity contribution is -0.139. The first-order valence-corrected chi connectivity index (χ1v) is 7.02. The fourth-order valence-corrected chi connectivity index (χ4v) is 3.49. The number of rotatable bonds is 3. The zero-order valence-corrected chi connectivity index (χ0v) is 11.5. The normalized spacial score (nSPS) is 21.9. The molecule has 1 heterocycles. The number of para-hydroxylation sites is 1. The number of aryl methyl sites for hydroxylation is 1. The molecule has 2 atom stereocenters. The molecule has 1 aliphatic carbocycles. The van der Waals surface area contributed by atoms with Crippen LogP contribution < -0.4 is 0 Å². The predicted octanol–water partition coefficient (Wildman–Crippen LogP) is 3.36. The summed E-state index contributed by atoms with van der Waals surface area (Å²) in [6, 6.07) is 7.74. The van der Waals surface area contributed by atoms with E-state index in [2.05, 4.69) is 6.92 Å². The van der Waals surface area contributed by atoms with Crippen molar-refractivity contribution in [2.45, 2.75) is 32.2 Å². The Bertz CT molecular complexity index is 662. The Kier molecular flexibility index (Phi) is 3.24. The maximum atomic E-state index is 12.9. The quantitative estimate of drug-likeness (QED) is 0.933. The van der Waals surface area contributed by atoms with E-state index in [-0.39, 0.29) is 0 Å². The van der Waals surface area contributed by atoms with Gasteiger partial charge in [0.1, 0.15) is 6.67 Å². The van der Waals surface area contributed by atoms with E-state index >= 15 is 0 Å². The third-order valence-electron chi connectivity index (χ3n) is 4.26. The number of carboxylic acids is 1. The number of aliphatic carboxylic acids is 1. The molecule has 0 radical (unpaired) electrons. The minimum absolute atomic E-state index is 0.301. The maximum absolute atomic E-state index is 12.9. The number of hydrogen-bond acceptors (Lipinski definition) is 1. The monoisotopic (exact) mass is 275 g/mol. The van der Waals surface area contributed by atoms with Crippen molar-refractivity contribution in [3.8, 4) is 0 Å². The van der Waals surface area contributed by atoms with Crippen LogP contribution in [-0.4, -0.2) is 22.3 Å². The lowest BCUT2D eigenvalue weighted by Crippen LogP contribution is -2.24. The summed E-state index contributed by atoms with van der Waals surface area (Å²) in [4.78, 5) is 11.6. The van der Waals surface area contributed by atoms with Crippen LogP contribution in [0.3, 0.4) is 0 Å². The Balaban J connectivity index is 2.30. The minimum atomic E-state index is -0.777. The molecule has 4 heteroatoms. The van der Waals surface area contributed by atoms with Gasteiger partial charge in [-0.05, 0) is 30.4 Å². The molecule has 0 fully saturated rings. The van der Waals surface area contributed by atoms with Gasteiger partial charge in [-0.1, -0.05) is 25.1 Å². The third-order valence-corrected chi connectivity index (χ3v) is 4.26. The number of carboxylic acid groups (broad SMARTS) is 1. The summed E-state index contributed by atoms with van der Waals surface area (Å²) in [5, 5.41) is 10.5. The summed E-state index contributed by atoms with van der Waals surface area (Å²) in [5.74, 6) is -0.938. The van der Waals surface area contributed by atoms with Gasteiger partial charge in [-0.2, -0.15) is 0 Å². The second-order valence-corrected chi connectivity index (χ2v) is 5.65. The summed E-state index contributed by atoms with van der Waals surface area (Å²) in [6.45, 7) is 1.93. The van der Waals surface area contributed by atoms with Gasteiger partial charge < -0.3 is 9.67 Å².